The quantitative estimate of drug-likeness (QED) is 0.516. The molecule has 0 bridgehead atoms. The Hall–Kier alpha value is -2.87. The van der Waals surface area contributed by atoms with Gasteiger partial charge >= 0.3 is 0 Å². The van der Waals surface area contributed by atoms with E-state index in [1.165, 1.54) is 10.6 Å². The Kier molecular flexibility index (Phi) is 3.90. The highest BCUT2D eigenvalue weighted by Crippen LogP contribution is 2.41. The summed E-state index contributed by atoms with van der Waals surface area (Å²) in [4.78, 5) is 21.1. The number of fused-ring (bicyclic) bond motifs is 2. The van der Waals surface area contributed by atoms with Crippen molar-refractivity contribution in [1.29, 1.82) is 0 Å². The van der Waals surface area contributed by atoms with Crippen molar-refractivity contribution in [2.75, 3.05) is 0 Å². The van der Waals surface area contributed by atoms with Gasteiger partial charge in [0.1, 0.15) is 11.6 Å². The summed E-state index contributed by atoms with van der Waals surface area (Å²) in [6, 6.07) is 3.05. The highest BCUT2D eigenvalue weighted by Gasteiger charge is 2.30. The molecule has 0 spiro atoms. The third kappa shape index (κ3) is 3.03. The van der Waals surface area contributed by atoms with E-state index in [4.69, 9.17) is 11.6 Å². The van der Waals surface area contributed by atoms with Gasteiger partial charge in [-0.05, 0) is 37.0 Å². The van der Waals surface area contributed by atoms with Gasteiger partial charge in [-0.1, -0.05) is 11.6 Å². The minimum atomic E-state index is -0.487. The summed E-state index contributed by atoms with van der Waals surface area (Å²) in [6.45, 7) is 1.70. The number of hydrogen-bond donors (Lipinski definition) is 0. The summed E-state index contributed by atoms with van der Waals surface area (Å²) in [5.41, 5.74) is 3.24. The monoisotopic (exact) mass is 398 g/mol. The molecule has 0 atom stereocenters. The van der Waals surface area contributed by atoms with Crippen LogP contribution in [0.25, 0.3) is 11.3 Å². The number of aromatic nitrogens is 6. The lowest BCUT2D eigenvalue weighted by molar-refractivity contribution is -0.117. The second-order valence-electron chi connectivity index (χ2n) is 7.20. The average molecular weight is 399 g/mol. The van der Waals surface area contributed by atoms with Gasteiger partial charge in [0.15, 0.2) is 22.3 Å². The molecule has 4 heterocycles. The van der Waals surface area contributed by atoms with E-state index in [9.17, 15) is 9.18 Å². The number of Topliss-reactive ketones (excluding diaryl/α,β-unsaturated/α-hetero) is 1. The number of carbonyl (C=O) groups is 1. The fraction of sp³-hybridized carbons (Fsp3) is 0.316. The molecule has 5 rings (SSSR count). The Balaban J connectivity index is 1.43. The van der Waals surface area contributed by atoms with Crippen LogP contribution in [0.3, 0.4) is 0 Å². The first-order valence-corrected chi connectivity index (χ1v) is 9.42. The summed E-state index contributed by atoms with van der Waals surface area (Å²) >= 11 is 6.02. The van der Waals surface area contributed by atoms with E-state index >= 15 is 0 Å². The van der Waals surface area contributed by atoms with Crippen LogP contribution in [-0.2, 0) is 17.6 Å². The molecule has 7 nitrogen and oxygen atoms in total. The van der Waals surface area contributed by atoms with Crippen molar-refractivity contribution >= 4 is 28.7 Å². The van der Waals surface area contributed by atoms with Crippen LogP contribution < -0.4 is 0 Å². The maximum atomic E-state index is 14.2. The molecule has 0 saturated heterocycles. The third-order valence-electron chi connectivity index (χ3n) is 4.87. The third-order valence-corrected chi connectivity index (χ3v) is 5.06. The Morgan fingerprint density at radius 1 is 1.29 bits per heavy atom. The van der Waals surface area contributed by atoms with Crippen LogP contribution >= 0.6 is 11.6 Å². The van der Waals surface area contributed by atoms with E-state index in [2.05, 4.69) is 20.2 Å². The van der Waals surface area contributed by atoms with E-state index in [-0.39, 0.29) is 24.3 Å². The molecule has 0 N–H and O–H groups in total. The molecule has 4 aromatic rings. The molecule has 28 heavy (non-hydrogen) atoms. The van der Waals surface area contributed by atoms with Crippen molar-refractivity contribution in [3.05, 3.63) is 58.1 Å². The van der Waals surface area contributed by atoms with Crippen molar-refractivity contribution in [3.63, 3.8) is 0 Å². The zero-order valence-electron chi connectivity index (χ0n) is 15.1. The number of hydrogen-bond acceptors (Lipinski definition) is 5. The maximum absolute atomic E-state index is 14.2. The number of aryl methyl sites for hydroxylation is 1. The van der Waals surface area contributed by atoms with Crippen molar-refractivity contribution in [2.24, 2.45) is 0 Å². The minimum Gasteiger partial charge on any atom is -0.299 e. The Labute approximate surface area is 164 Å². The van der Waals surface area contributed by atoms with E-state index in [0.717, 1.165) is 24.1 Å². The van der Waals surface area contributed by atoms with Gasteiger partial charge in [-0.2, -0.15) is 10.2 Å². The van der Waals surface area contributed by atoms with E-state index in [1.54, 1.807) is 29.9 Å². The molecule has 0 radical (unpaired) electrons. The zero-order chi connectivity index (χ0) is 19.4. The number of halogens is 2. The van der Waals surface area contributed by atoms with Crippen LogP contribution in [0.4, 0.5) is 4.39 Å². The molecular weight excluding hydrogens is 383 g/mol. The van der Waals surface area contributed by atoms with Crippen molar-refractivity contribution in [1.82, 2.24) is 29.2 Å². The molecular formula is C19H16ClFN6O. The predicted molar refractivity (Wildman–Crippen MR) is 100 cm³/mol. The number of rotatable bonds is 5. The molecule has 0 amide bonds. The summed E-state index contributed by atoms with van der Waals surface area (Å²) in [7, 11) is 0. The lowest BCUT2D eigenvalue weighted by atomic mass is 10.0. The molecule has 1 saturated carbocycles. The topological polar surface area (TPSA) is 77.5 Å². The number of pyridine rings is 1. The van der Waals surface area contributed by atoms with Gasteiger partial charge in [0.2, 0.25) is 0 Å². The fourth-order valence-corrected chi connectivity index (χ4v) is 3.76. The summed E-state index contributed by atoms with van der Waals surface area (Å²) in [5.74, 6) is 0.334. The lowest BCUT2D eigenvalue weighted by Gasteiger charge is -2.10. The second kappa shape index (κ2) is 6.34. The molecule has 1 aliphatic rings. The molecule has 4 aromatic heterocycles. The number of nitrogens with zero attached hydrogens (tertiary/aromatic N) is 6. The molecule has 1 aliphatic carbocycles. The van der Waals surface area contributed by atoms with Gasteiger partial charge in [0, 0.05) is 37.2 Å². The van der Waals surface area contributed by atoms with E-state index < -0.39 is 5.82 Å². The number of ketones is 1. The smallest absolute Gasteiger partial charge is 0.191 e. The first kappa shape index (κ1) is 17.2. The molecule has 9 heteroatoms. The van der Waals surface area contributed by atoms with Crippen molar-refractivity contribution in [2.45, 2.75) is 38.5 Å². The van der Waals surface area contributed by atoms with Crippen molar-refractivity contribution in [3.8, 4) is 0 Å². The average Bonchev–Trinajstić information content (AvgIpc) is 3.27. The molecule has 0 aliphatic heterocycles. The van der Waals surface area contributed by atoms with Crippen LogP contribution in [0.15, 0.2) is 24.5 Å². The molecule has 0 aromatic carbocycles. The van der Waals surface area contributed by atoms with Gasteiger partial charge in [0.05, 0.1) is 5.69 Å². The second-order valence-corrected chi connectivity index (χ2v) is 7.58. The highest BCUT2D eigenvalue weighted by molar-refractivity contribution is 6.29. The van der Waals surface area contributed by atoms with Gasteiger partial charge in [-0.15, -0.1) is 0 Å². The van der Waals surface area contributed by atoms with Gasteiger partial charge in [-0.3, -0.25) is 4.79 Å². The van der Waals surface area contributed by atoms with Crippen LogP contribution in [0, 0.1) is 12.7 Å². The molecule has 0 unspecified atom stereocenters. The normalized spacial score (nSPS) is 14.2. The SMILES string of the molecule is Cc1nc2c(F)cc(CC(=O)Cc3cnc4cc(Cl)nn4c3C3CC3)cn2n1. The Bertz CT molecular complexity index is 1240. The number of carbonyl (C=O) groups excluding carboxylic acids is 1. The lowest BCUT2D eigenvalue weighted by Crippen LogP contribution is -2.12. The summed E-state index contributed by atoms with van der Waals surface area (Å²) in [5, 5.41) is 8.82. The van der Waals surface area contributed by atoms with E-state index in [0.29, 0.717) is 28.1 Å². The maximum Gasteiger partial charge on any atom is 0.191 e. The summed E-state index contributed by atoms with van der Waals surface area (Å²) in [6.07, 6.45) is 5.81. The standard InChI is InChI=1S/C19H16ClFN6O/c1-10-23-19-15(21)5-11(9-26(19)24-10)4-14(28)6-13-8-22-17-7-16(20)25-27(17)18(13)12-2-3-12/h5,7-9,12H,2-4,6H2,1H3. The van der Waals surface area contributed by atoms with Crippen LogP contribution in [0.5, 0.6) is 0 Å². The van der Waals surface area contributed by atoms with Crippen LogP contribution in [0.1, 0.15) is 41.4 Å². The highest BCUT2D eigenvalue weighted by atomic mass is 35.5. The Morgan fingerprint density at radius 2 is 2.11 bits per heavy atom. The van der Waals surface area contributed by atoms with Crippen molar-refractivity contribution < 1.29 is 9.18 Å². The summed E-state index contributed by atoms with van der Waals surface area (Å²) < 4.78 is 17.3. The molecule has 142 valence electrons. The minimum absolute atomic E-state index is 0.0307. The first-order valence-electron chi connectivity index (χ1n) is 9.04. The first-order chi connectivity index (χ1) is 13.5. The van der Waals surface area contributed by atoms with Gasteiger partial charge in [-0.25, -0.2) is 23.4 Å². The fourth-order valence-electron chi connectivity index (χ4n) is 3.59. The zero-order valence-corrected chi connectivity index (χ0v) is 15.8. The van der Waals surface area contributed by atoms with Gasteiger partial charge < -0.3 is 0 Å². The predicted octanol–water partition coefficient (Wildman–Crippen LogP) is 3.10. The van der Waals surface area contributed by atoms with Gasteiger partial charge in [0.25, 0.3) is 0 Å². The largest absolute Gasteiger partial charge is 0.299 e. The Morgan fingerprint density at radius 3 is 2.89 bits per heavy atom. The van der Waals surface area contributed by atoms with E-state index in [1.807, 2.05) is 0 Å². The van der Waals surface area contributed by atoms with Crippen LogP contribution in [0.2, 0.25) is 5.15 Å². The molecule has 1 fully saturated rings. The van der Waals surface area contributed by atoms with Crippen LogP contribution in [-0.4, -0.2) is 35.0 Å².